The molecule has 1 aromatic carbocycles. The van der Waals surface area contributed by atoms with Crippen molar-refractivity contribution in [1.29, 1.82) is 5.41 Å². The van der Waals surface area contributed by atoms with Gasteiger partial charge in [-0.15, -0.1) is 12.4 Å². The molecular formula is C9H12ClFN2O. The molecule has 3 N–H and O–H groups in total. The largest absolute Gasteiger partial charge is 0.491 e. The maximum Gasteiger partial charge on any atom is 0.165 e. The SMILES string of the molecule is CCOc1ccc(C(=N)N)cc1F.Cl. The summed E-state index contributed by atoms with van der Waals surface area (Å²) in [6, 6.07) is 4.21. The van der Waals surface area contributed by atoms with Crippen molar-refractivity contribution in [2.45, 2.75) is 6.92 Å². The first kappa shape index (κ1) is 12.7. The van der Waals surface area contributed by atoms with Gasteiger partial charge in [0.2, 0.25) is 0 Å². The molecule has 0 saturated carbocycles. The van der Waals surface area contributed by atoms with E-state index in [1.165, 1.54) is 12.1 Å². The van der Waals surface area contributed by atoms with E-state index in [1.54, 1.807) is 13.0 Å². The average molecular weight is 219 g/mol. The maximum absolute atomic E-state index is 13.1. The van der Waals surface area contributed by atoms with Crippen molar-refractivity contribution >= 4 is 18.2 Å². The summed E-state index contributed by atoms with van der Waals surface area (Å²) in [7, 11) is 0. The molecule has 14 heavy (non-hydrogen) atoms. The lowest BCUT2D eigenvalue weighted by molar-refractivity contribution is 0.321. The van der Waals surface area contributed by atoms with Gasteiger partial charge in [0.1, 0.15) is 5.84 Å². The van der Waals surface area contributed by atoms with Crippen molar-refractivity contribution in [1.82, 2.24) is 0 Å². The molecule has 0 aromatic heterocycles. The Morgan fingerprint density at radius 3 is 2.64 bits per heavy atom. The van der Waals surface area contributed by atoms with Crippen molar-refractivity contribution in [3.63, 3.8) is 0 Å². The lowest BCUT2D eigenvalue weighted by Gasteiger charge is -2.05. The van der Waals surface area contributed by atoms with Crippen LogP contribution in [-0.4, -0.2) is 12.4 Å². The Hall–Kier alpha value is -1.29. The Morgan fingerprint density at radius 2 is 2.21 bits per heavy atom. The average Bonchev–Trinajstić information content (AvgIpc) is 2.08. The van der Waals surface area contributed by atoms with Gasteiger partial charge in [-0.25, -0.2) is 4.39 Å². The molecule has 0 aliphatic rings. The molecule has 0 bridgehead atoms. The van der Waals surface area contributed by atoms with Crippen LogP contribution in [0.3, 0.4) is 0 Å². The summed E-state index contributed by atoms with van der Waals surface area (Å²) >= 11 is 0. The topological polar surface area (TPSA) is 59.1 Å². The summed E-state index contributed by atoms with van der Waals surface area (Å²) in [6.45, 7) is 2.19. The molecule has 78 valence electrons. The van der Waals surface area contributed by atoms with Crippen LogP contribution in [0.25, 0.3) is 0 Å². The molecular weight excluding hydrogens is 207 g/mol. The zero-order chi connectivity index (χ0) is 9.84. The van der Waals surface area contributed by atoms with Crippen LogP contribution < -0.4 is 10.5 Å². The molecule has 0 aliphatic carbocycles. The van der Waals surface area contributed by atoms with Gasteiger partial charge in [-0.05, 0) is 25.1 Å². The fraction of sp³-hybridized carbons (Fsp3) is 0.222. The Morgan fingerprint density at radius 1 is 1.57 bits per heavy atom. The first-order valence-electron chi connectivity index (χ1n) is 3.92. The van der Waals surface area contributed by atoms with E-state index in [9.17, 15) is 4.39 Å². The molecule has 5 heteroatoms. The quantitative estimate of drug-likeness (QED) is 0.602. The van der Waals surface area contributed by atoms with Crippen LogP contribution in [0.5, 0.6) is 5.75 Å². The summed E-state index contributed by atoms with van der Waals surface area (Å²) in [5.41, 5.74) is 5.54. The highest BCUT2D eigenvalue weighted by atomic mass is 35.5. The van der Waals surface area contributed by atoms with Crippen LogP contribution in [0.15, 0.2) is 18.2 Å². The van der Waals surface area contributed by atoms with Gasteiger partial charge in [-0.3, -0.25) is 5.41 Å². The number of nitrogens with one attached hydrogen (secondary N) is 1. The minimum Gasteiger partial charge on any atom is -0.491 e. The van der Waals surface area contributed by atoms with Crippen LogP contribution in [0.1, 0.15) is 12.5 Å². The van der Waals surface area contributed by atoms with Gasteiger partial charge in [0, 0.05) is 5.56 Å². The lowest BCUT2D eigenvalue weighted by atomic mass is 10.2. The van der Waals surface area contributed by atoms with E-state index in [-0.39, 0.29) is 24.0 Å². The molecule has 3 nitrogen and oxygen atoms in total. The van der Waals surface area contributed by atoms with Crippen molar-refractivity contribution in [2.75, 3.05) is 6.61 Å². The van der Waals surface area contributed by atoms with E-state index in [0.29, 0.717) is 12.2 Å². The predicted octanol–water partition coefficient (Wildman–Crippen LogP) is 1.93. The van der Waals surface area contributed by atoms with E-state index in [0.717, 1.165) is 0 Å². The van der Waals surface area contributed by atoms with Gasteiger partial charge in [0.25, 0.3) is 0 Å². The van der Waals surface area contributed by atoms with E-state index >= 15 is 0 Å². The van der Waals surface area contributed by atoms with Gasteiger partial charge in [-0.1, -0.05) is 0 Å². The minimum absolute atomic E-state index is 0. The Labute approximate surface area is 88.0 Å². The second kappa shape index (κ2) is 5.44. The van der Waals surface area contributed by atoms with E-state index < -0.39 is 5.82 Å². The molecule has 0 aliphatic heterocycles. The molecule has 0 saturated heterocycles. The molecule has 0 atom stereocenters. The Bertz CT molecular complexity index is 331. The van der Waals surface area contributed by atoms with Gasteiger partial charge in [-0.2, -0.15) is 0 Å². The molecule has 0 amide bonds. The number of benzene rings is 1. The fourth-order valence-corrected chi connectivity index (χ4v) is 0.941. The van der Waals surface area contributed by atoms with Crippen LogP contribution >= 0.6 is 12.4 Å². The minimum atomic E-state index is -0.491. The predicted molar refractivity (Wildman–Crippen MR) is 55.8 cm³/mol. The third-order valence-corrected chi connectivity index (χ3v) is 1.54. The number of nitrogen functional groups attached to an aromatic ring is 1. The summed E-state index contributed by atoms with van der Waals surface area (Å²) in [4.78, 5) is 0. The Kier molecular flexibility index (Phi) is 4.94. The Balaban J connectivity index is 0.00000169. The van der Waals surface area contributed by atoms with Crippen molar-refractivity contribution in [3.8, 4) is 5.75 Å². The molecule has 1 rings (SSSR count). The van der Waals surface area contributed by atoms with E-state index in [1.807, 2.05) is 0 Å². The second-order valence-electron chi connectivity index (χ2n) is 2.49. The zero-order valence-corrected chi connectivity index (χ0v) is 8.53. The van der Waals surface area contributed by atoms with Crippen molar-refractivity contribution in [2.24, 2.45) is 5.73 Å². The van der Waals surface area contributed by atoms with Crippen LogP contribution in [0.4, 0.5) is 4.39 Å². The summed E-state index contributed by atoms with van der Waals surface area (Å²) in [5.74, 6) is -0.455. The van der Waals surface area contributed by atoms with Crippen LogP contribution in [-0.2, 0) is 0 Å². The maximum atomic E-state index is 13.1. The zero-order valence-electron chi connectivity index (χ0n) is 7.71. The van der Waals surface area contributed by atoms with Crippen LogP contribution in [0.2, 0.25) is 0 Å². The fourth-order valence-electron chi connectivity index (χ4n) is 0.941. The molecule has 0 fully saturated rings. The lowest BCUT2D eigenvalue weighted by Crippen LogP contribution is -2.11. The van der Waals surface area contributed by atoms with Crippen molar-refractivity contribution in [3.05, 3.63) is 29.6 Å². The second-order valence-corrected chi connectivity index (χ2v) is 2.49. The number of amidine groups is 1. The van der Waals surface area contributed by atoms with E-state index in [2.05, 4.69) is 0 Å². The standard InChI is InChI=1S/C9H11FN2O.ClH/c1-2-13-8-4-3-6(9(11)12)5-7(8)10;/h3-5H,2H2,1H3,(H3,11,12);1H. The number of halogens is 2. The summed E-state index contributed by atoms with van der Waals surface area (Å²) < 4.78 is 18.1. The van der Waals surface area contributed by atoms with Gasteiger partial charge < -0.3 is 10.5 Å². The van der Waals surface area contributed by atoms with Gasteiger partial charge in [0.15, 0.2) is 11.6 Å². The van der Waals surface area contributed by atoms with E-state index in [4.69, 9.17) is 15.9 Å². The molecule has 1 aromatic rings. The third-order valence-electron chi connectivity index (χ3n) is 1.54. The normalized spacial score (nSPS) is 9.00. The molecule has 0 radical (unpaired) electrons. The monoisotopic (exact) mass is 218 g/mol. The molecule has 0 unspecified atom stereocenters. The number of hydrogen-bond donors (Lipinski definition) is 2. The molecule has 0 heterocycles. The smallest absolute Gasteiger partial charge is 0.165 e. The number of nitrogens with two attached hydrogens (primary N) is 1. The van der Waals surface area contributed by atoms with Crippen LogP contribution in [0, 0.1) is 11.2 Å². The van der Waals surface area contributed by atoms with Gasteiger partial charge >= 0.3 is 0 Å². The first-order valence-corrected chi connectivity index (χ1v) is 3.92. The number of rotatable bonds is 3. The summed E-state index contributed by atoms with van der Waals surface area (Å²) in [6.07, 6.45) is 0. The van der Waals surface area contributed by atoms with Crippen molar-refractivity contribution < 1.29 is 9.13 Å². The number of hydrogen-bond acceptors (Lipinski definition) is 2. The first-order chi connectivity index (χ1) is 6.15. The highest BCUT2D eigenvalue weighted by molar-refractivity contribution is 5.95. The highest BCUT2D eigenvalue weighted by Crippen LogP contribution is 2.17. The molecule has 0 spiro atoms. The van der Waals surface area contributed by atoms with Gasteiger partial charge in [0.05, 0.1) is 6.61 Å². The highest BCUT2D eigenvalue weighted by Gasteiger charge is 2.04. The number of ether oxygens (including phenoxy) is 1. The third kappa shape index (κ3) is 2.88. The summed E-state index contributed by atoms with van der Waals surface area (Å²) in [5, 5.41) is 7.07.